The summed E-state index contributed by atoms with van der Waals surface area (Å²) in [6.07, 6.45) is 17.8. The second kappa shape index (κ2) is 29.5. The first-order chi connectivity index (χ1) is 33.0. The number of fused-ring (bicyclic) bond motifs is 3. The number of nitrogens with zero attached hydrogens (tertiary/aromatic N) is 1. The van der Waals surface area contributed by atoms with Crippen LogP contribution in [0, 0.1) is 29.6 Å². The summed E-state index contributed by atoms with van der Waals surface area (Å²) in [6.45, 7) is 18.3. The number of amides is 1. The number of allylic oxidation sites excluding steroid dienone is 6. The Morgan fingerprint density at radius 3 is 2.36 bits per heavy atom. The number of aliphatic hydroxyl groups is 3. The van der Waals surface area contributed by atoms with E-state index in [1.165, 1.54) is 4.90 Å². The lowest BCUT2D eigenvalue weighted by molar-refractivity contribution is -0.243. The van der Waals surface area contributed by atoms with Gasteiger partial charge in [-0.05, 0) is 138 Å². The summed E-state index contributed by atoms with van der Waals surface area (Å²) in [4.78, 5) is 44.3. The van der Waals surface area contributed by atoms with Crippen LogP contribution in [0.25, 0.3) is 0 Å². The normalized spacial score (nSPS) is 37.7. The predicted molar refractivity (Wildman–Crippen MR) is 268 cm³/mol. The molecule has 1 saturated carbocycles. The highest BCUT2D eigenvalue weighted by Crippen LogP contribution is 2.37. The van der Waals surface area contributed by atoms with Gasteiger partial charge in [0.2, 0.25) is 5.79 Å². The van der Waals surface area contributed by atoms with Crippen molar-refractivity contribution in [3.05, 3.63) is 59.8 Å². The van der Waals surface area contributed by atoms with Crippen LogP contribution in [0.2, 0.25) is 0 Å². The number of hydrogen-bond donors (Lipinski definition) is 4. The molecule has 0 aromatic carbocycles. The Bertz CT molecular complexity index is 1750. The minimum absolute atomic E-state index is 0.00276. The molecule has 14 heteroatoms. The van der Waals surface area contributed by atoms with Crippen molar-refractivity contribution in [2.75, 3.05) is 54.2 Å². The van der Waals surface area contributed by atoms with Crippen molar-refractivity contribution >= 4 is 17.7 Å². The number of Topliss-reactive ketones (excluding diaryl/α,β-unsaturated/α-hetero) is 1. The second-order valence-corrected chi connectivity index (χ2v) is 20.7. The number of aliphatic hydroxyl groups excluding tert-OH is 2. The lowest BCUT2D eigenvalue weighted by atomic mass is 9.78. The van der Waals surface area contributed by atoms with Gasteiger partial charge in [-0.3, -0.25) is 9.59 Å². The predicted octanol–water partition coefficient (Wildman–Crippen LogP) is 7.35. The number of esters is 1. The zero-order valence-electron chi connectivity index (χ0n) is 43.6. The average Bonchev–Trinajstić information content (AvgIpc) is 3.33. The van der Waals surface area contributed by atoms with E-state index in [9.17, 15) is 29.7 Å². The van der Waals surface area contributed by atoms with E-state index in [2.05, 4.69) is 51.7 Å². The highest BCUT2D eigenvalue weighted by Gasteiger charge is 2.49. The zero-order chi connectivity index (χ0) is 50.7. The molecule has 3 fully saturated rings. The fourth-order valence-electron chi connectivity index (χ4n) is 10.9. The van der Waals surface area contributed by atoms with Gasteiger partial charge in [-0.25, -0.2) is 4.79 Å². The Morgan fingerprint density at radius 2 is 1.65 bits per heavy atom. The number of hydrogen-bond acceptors (Lipinski definition) is 13. The number of cyclic esters (lactones) is 1. The molecule has 14 nitrogen and oxygen atoms in total. The van der Waals surface area contributed by atoms with Crippen LogP contribution in [0.15, 0.2) is 59.8 Å². The van der Waals surface area contributed by atoms with Crippen molar-refractivity contribution in [1.82, 2.24) is 10.2 Å². The highest BCUT2D eigenvalue weighted by atomic mass is 16.6. The lowest BCUT2D eigenvalue weighted by Crippen LogP contribution is -2.58. The number of nitrogens with one attached hydrogen (secondary N) is 1. The molecular weight excluding hydrogens is 881 g/mol. The van der Waals surface area contributed by atoms with Gasteiger partial charge >= 0.3 is 5.97 Å². The maximum atomic E-state index is 14.5. The minimum Gasteiger partial charge on any atom is -0.461 e. The lowest BCUT2D eigenvalue weighted by Gasteiger charge is -2.40. The molecule has 14 atom stereocenters. The average molecular weight is 971 g/mol. The second-order valence-electron chi connectivity index (χ2n) is 20.7. The number of ether oxygens (including phenoxy) is 6. The molecule has 4 aliphatic rings. The number of carbonyl (C=O) groups is 3. The topological polar surface area (TPSA) is 183 Å². The molecule has 2 saturated heterocycles. The van der Waals surface area contributed by atoms with Crippen molar-refractivity contribution in [2.45, 2.75) is 186 Å². The van der Waals surface area contributed by atoms with Crippen LogP contribution >= 0.6 is 0 Å². The molecule has 3 heterocycles. The third-order valence-electron chi connectivity index (χ3n) is 15.1. The van der Waals surface area contributed by atoms with Gasteiger partial charge in [0.1, 0.15) is 24.4 Å². The molecule has 1 amide bonds. The van der Waals surface area contributed by atoms with E-state index in [0.29, 0.717) is 64.5 Å². The fraction of sp³-hybridized carbons (Fsp3) is 0.764. The van der Waals surface area contributed by atoms with Crippen molar-refractivity contribution in [3.8, 4) is 0 Å². The summed E-state index contributed by atoms with van der Waals surface area (Å²) in [5.74, 6) is -4.37. The first kappa shape index (κ1) is 58.5. The summed E-state index contributed by atoms with van der Waals surface area (Å²) in [6, 6.07) is -1.16. The van der Waals surface area contributed by atoms with Gasteiger partial charge in [0, 0.05) is 46.9 Å². The molecule has 4 N–H and O–H groups in total. The summed E-state index contributed by atoms with van der Waals surface area (Å²) < 4.78 is 35.7. The maximum Gasteiger partial charge on any atom is 0.329 e. The van der Waals surface area contributed by atoms with Crippen LogP contribution in [0.3, 0.4) is 0 Å². The first-order valence-electron chi connectivity index (χ1n) is 26.0. The number of ketones is 1. The molecule has 0 aromatic rings. The molecule has 0 spiro atoms. The molecule has 69 heavy (non-hydrogen) atoms. The minimum atomic E-state index is -2.33. The Labute approximate surface area is 414 Å². The van der Waals surface area contributed by atoms with Crippen LogP contribution in [0.5, 0.6) is 0 Å². The van der Waals surface area contributed by atoms with Gasteiger partial charge in [-0.1, -0.05) is 76.3 Å². The van der Waals surface area contributed by atoms with E-state index in [1.54, 1.807) is 21.3 Å². The van der Waals surface area contributed by atoms with E-state index in [1.807, 2.05) is 38.2 Å². The smallest absolute Gasteiger partial charge is 0.329 e. The van der Waals surface area contributed by atoms with Gasteiger partial charge in [-0.15, -0.1) is 0 Å². The van der Waals surface area contributed by atoms with Gasteiger partial charge in [0.05, 0.1) is 38.1 Å². The Kier molecular flexibility index (Phi) is 25.0. The van der Waals surface area contributed by atoms with E-state index >= 15 is 0 Å². The summed E-state index contributed by atoms with van der Waals surface area (Å²) >= 11 is 0. The Morgan fingerprint density at radius 1 is 0.884 bits per heavy atom. The molecular formula is C55H90N2O12. The van der Waals surface area contributed by atoms with Gasteiger partial charge in [0.15, 0.2) is 0 Å². The quantitative estimate of drug-likeness (QED) is 0.0660. The Hall–Kier alpha value is -3.05. The van der Waals surface area contributed by atoms with E-state index in [0.717, 1.165) is 48.8 Å². The molecule has 392 valence electrons. The third kappa shape index (κ3) is 17.6. The first-order valence-corrected chi connectivity index (χ1v) is 26.0. The van der Waals surface area contributed by atoms with Crippen LogP contribution in [0.1, 0.15) is 131 Å². The van der Waals surface area contributed by atoms with E-state index < -0.39 is 53.9 Å². The van der Waals surface area contributed by atoms with Gasteiger partial charge in [0.25, 0.3) is 11.7 Å². The van der Waals surface area contributed by atoms with Crippen LogP contribution in [-0.2, 0) is 42.8 Å². The molecule has 14 unspecified atom stereocenters. The third-order valence-corrected chi connectivity index (χ3v) is 15.1. The van der Waals surface area contributed by atoms with Crippen molar-refractivity contribution in [2.24, 2.45) is 29.6 Å². The largest absolute Gasteiger partial charge is 0.461 e. The summed E-state index contributed by atoms with van der Waals surface area (Å²) in [5, 5.41) is 36.5. The highest BCUT2D eigenvalue weighted by molar-refractivity contribution is 6.39. The molecule has 1 aliphatic carbocycles. The van der Waals surface area contributed by atoms with Crippen molar-refractivity contribution < 1.29 is 58.1 Å². The SMILES string of the molecule is C=C1C(C)CC(C)/C=C/C=C/C=C(\C)C(NCCOC)CC2CCCC(O)(O2)C(=O)C(=O)N2CCCCC2C(=O)OC(C(C)CC2CCC(OCCO)C(OC)C2)CCC(C)/C=C(\C)C(O)C1OC. The molecule has 4 rings (SSSR count). The van der Waals surface area contributed by atoms with Crippen molar-refractivity contribution in [3.63, 3.8) is 0 Å². The fourth-order valence-corrected chi connectivity index (χ4v) is 10.9. The van der Waals surface area contributed by atoms with Crippen LogP contribution in [0.4, 0.5) is 0 Å². The van der Waals surface area contributed by atoms with Gasteiger partial charge < -0.3 is 54.0 Å². The maximum absolute atomic E-state index is 14.5. The number of carbonyl (C=O) groups excluding carboxylic acids is 3. The molecule has 0 aromatic heterocycles. The monoisotopic (exact) mass is 971 g/mol. The molecule has 0 radical (unpaired) electrons. The molecule has 2 bridgehead atoms. The standard InChI is InChI=1S/C55H90N2O12/c1-36-17-12-11-13-18-38(3)45(56-26-29-64-8)35-44-19-16-25-55(63,69-44)52(60)53(61)57-27-15-14-20-46(57)54(62)68-47(40(5)33-43-22-24-48(67-30-28-58)49(34-43)65-9)23-21-37(2)32-41(6)50(59)51(66-10)42(7)39(4)31-36/h11-13,17-18,32,36-37,39-40,43-51,56,58-59,63H,7,14-16,19-31,33-35H2,1-6,8-10H3/b13-11+,17-12+,38-18+,41-32+. The van der Waals surface area contributed by atoms with E-state index in [-0.39, 0.29) is 74.0 Å². The summed E-state index contributed by atoms with van der Waals surface area (Å²) in [5.41, 5.74) is 2.63. The zero-order valence-corrected chi connectivity index (χ0v) is 43.6. The van der Waals surface area contributed by atoms with Crippen LogP contribution < -0.4 is 5.32 Å². The van der Waals surface area contributed by atoms with Crippen molar-refractivity contribution in [1.29, 1.82) is 0 Å². The van der Waals surface area contributed by atoms with Crippen LogP contribution in [-0.4, -0.2) is 147 Å². The number of rotatable bonds is 12. The van der Waals surface area contributed by atoms with E-state index in [4.69, 9.17) is 28.4 Å². The number of methoxy groups -OCH3 is 3. The van der Waals surface area contributed by atoms with Gasteiger partial charge in [-0.2, -0.15) is 0 Å². The Balaban J connectivity index is 1.66. The summed E-state index contributed by atoms with van der Waals surface area (Å²) in [7, 11) is 4.94. The number of piperidine rings is 1. The molecule has 3 aliphatic heterocycles.